The average Bonchev–Trinajstić information content (AvgIpc) is 2.47. The molecule has 0 radical (unpaired) electrons. The predicted octanol–water partition coefficient (Wildman–Crippen LogP) is 1.80. The van der Waals surface area contributed by atoms with Crippen molar-refractivity contribution in [2.75, 3.05) is 11.9 Å². The largest absolute Gasteiger partial charge is 0.480 e. The van der Waals surface area contributed by atoms with Gasteiger partial charge in [-0.05, 0) is 11.5 Å². The van der Waals surface area contributed by atoms with Gasteiger partial charge in [0, 0.05) is 18.4 Å². The molecule has 0 aliphatic rings. The van der Waals surface area contributed by atoms with Gasteiger partial charge >= 0.3 is 12.0 Å². The monoisotopic (exact) mass is 288 g/mol. The minimum atomic E-state index is -1.18. The van der Waals surface area contributed by atoms with Gasteiger partial charge in [-0.25, -0.2) is 9.59 Å². The zero-order chi connectivity index (χ0) is 15.2. The fourth-order valence-corrected chi connectivity index (χ4v) is 2.04. The highest BCUT2D eigenvalue weighted by molar-refractivity contribution is 6.02. The van der Waals surface area contributed by atoms with Crippen molar-refractivity contribution in [1.82, 2.24) is 5.32 Å². The Morgan fingerprint density at radius 3 is 2.52 bits per heavy atom. The van der Waals surface area contributed by atoms with E-state index in [-0.39, 0.29) is 13.0 Å². The molecule has 1 atom stereocenters. The Labute approximate surface area is 121 Å². The van der Waals surface area contributed by atoms with E-state index < -0.39 is 18.0 Å². The number of carboxylic acid groups (broad SMARTS) is 1. The summed E-state index contributed by atoms with van der Waals surface area (Å²) in [5.41, 5.74) is 0.596. The van der Waals surface area contributed by atoms with Crippen molar-refractivity contribution in [1.29, 1.82) is 0 Å². The summed E-state index contributed by atoms with van der Waals surface area (Å²) in [6.07, 6.45) is -0.0434. The Bertz CT molecular complexity index is 652. The Hall–Kier alpha value is -2.60. The fourth-order valence-electron chi connectivity index (χ4n) is 2.04. The first-order chi connectivity index (χ1) is 10.1. The van der Waals surface area contributed by atoms with E-state index in [1.807, 2.05) is 30.3 Å². The van der Waals surface area contributed by atoms with Crippen molar-refractivity contribution < 1.29 is 19.8 Å². The van der Waals surface area contributed by atoms with Gasteiger partial charge in [-0.3, -0.25) is 0 Å². The topological polar surface area (TPSA) is 98.7 Å². The third-order valence-corrected chi connectivity index (χ3v) is 3.06. The number of anilines is 1. The highest BCUT2D eigenvalue weighted by atomic mass is 16.4. The van der Waals surface area contributed by atoms with Gasteiger partial charge in [0.15, 0.2) is 0 Å². The van der Waals surface area contributed by atoms with E-state index in [1.54, 1.807) is 12.1 Å². The number of rotatable bonds is 5. The van der Waals surface area contributed by atoms with Crippen molar-refractivity contribution in [3.05, 3.63) is 42.5 Å². The summed E-state index contributed by atoms with van der Waals surface area (Å²) < 4.78 is 0. The maximum atomic E-state index is 11.9. The molecule has 2 aromatic carbocycles. The first kappa shape index (κ1) is 14.8. The van der Waals surface area contributed by atoms with E-state index in [0.717, 1.165) is 10.8 Å². The van der Waals surface area contributed by atoms with Crippen molar-refractivity contribution in [3.63, 3.8) is 0 Å². The van der Waals surface area contributed by atoms with Gasteiger partial charge in [-0.2, -0.15) is 0 Å². The summed E-state index contributed by atoms with van der Waals surface area (Å²) in [5.74, 6) is -1.18. The first-order valence-electron chi connectivity index (χ1n) is 6.51. The second-order valence-electron chi connectivity index (χ2n) is 4.53. The molecule has 0 saturated carbocycles. The van der Waals surface area contributed by atoms with Gasteiger partial charge < -0.3 is 20.8 Å². The summed E-state index contributed by atoms with van der Waals surface area (Å²) in [4.78, 5) is 22.8. The Morgan fingerprint density at radius 2 is 1.81 bits per heavy atom. The van der Waals surface area contributed by atoms with E-state index in [4.69, 9.17) is 10.2 Å². The van der Waals surface area contributed by atoms with Crippen LogP contribution < -0.4 is 10.6 Å². The number of nitrogens with one attached hydrogen (secondary N) is 2. The van der Waals surface area contributed by atoms with Crippen molar-refractivity contribution in [3.8, 4) is 0 Å². The molecule has 0 fully saturated rings. The van der Waals surface area contributed by atoms with E-state index >= 15 is 0 Å². The summed E-state index contributed by atoms with van der Waals surface area (Å²) in [7, 11) is 0. The van der Waals surface area contributed by atoms with E-state index in [0.29, 0.717) is 5.69 Å². The van der Waals surface area contributed by atoms with E-state index in [9.17, 15) is 9.59 Å². The van der Waals surface area contributed by atoms with Crippen LogP contribution in [0, 0.1) is 0 Å². The van der Waals surface area contributed by atoms with Crippen LogP contribution in [0.3, 0.4) is 0 Å². The van der Waals surface area contributed by atoms with Crippen LogP contribution >= 0.6 is 0 Å². The SMILES string of the molecule is O=C(Nc1cccc2ccccc12)N[C@H](CCO)C(=O)O. The van der Waals surface area contributed by atoms with Gasteiger partial charge in [0.1, 0.15) is 6.04 Å². The van der Waals surface area contributed by atoms with Gasteiger partial charge in [0.25, 0.3) is 0 Å². The third kappa shape index (κ3) is 3.70. The van der Waals surface area contributed by atoms with Gasteiger partial charge in [0.2, 0.25) is 0 Å². The number of fused-ring (bicyclic) bond motifs is 1. The Morgan fingerprint density at radius 1 is 1.10 bits per heavy atom. The molecule has 6 heteroatoms. The van der Waals surface area contributed by atoms with Crippen LogP contribution in [0.5, 0.6) is 0 Å². The van der Waals surface area contributed by atoms with Crippen LogP contribution in [-0.2, 0) is 4.79 Å². The fraction of sp³-hybridized carbons (Fsp3) is 0.200. The van der Waals surface area contributed by atoms with Gasteiger partial charge in [-0.15, -0.1) is 0 Å². The molecule has 2 amide bonds. The normalized spacial score (nSPS) is 11.9. The zero-order valence-electron chi connectivity index (χ0n) is 11.2. The number of hydrogen-bond donors (Lipinski definition) is 4. The molecule has 0 aliphatic carbocycles. The van der Waals surface area contributed by atoms with Crippen LogP contribution in [0.1, 0.15) is 6.42 Å². The lowest BCUT2D eigenvalue weighted by molar-refractivity contribution is -0.139. The summed E-state index contributed by atoms with van der Waals surface area (Å²) in [6, 6.07) is 11.3. The highest BCUT2D eigenvalue weighted by Gasteiger charge is 2.19. The first-order valence-corrected chi connectivity index (χ1v) is 6.51. The number of amides is 2. The maximum Gasteiger partial charge on any atom is 0.326 e. The lowest BCUT2D eigenvalue weighted by atomic mass is 10.1. The number of urea groups is 1. The van der Waals surface area contributed by atoms with Crippen LogP contribution in [-0.4, -0.2) is 34.9 Å². The minimum absolute atomic E-state index is 0.0434. The highest BCUT2D eigenvalue weighted by Crippen LogP contribution is 2.22. The second-order valence-corrected chi connectivity index (χ2v) is 4.53. The third-order valence-electron chi connectivity index (χ3n) is 3.06. The second kappa shape index (κ2) is 6.71. The molecule has 110 valence electrons. The molecule has 4 N–H and O–H groups in total. The summed E-state index contributed by atoms with van der Waals surface area (Å²) in [5, 5.41) is 24.5. The summed E-state index contributed by atoms with van der Waals surface area (Å²) in [6.45, 7) is -0.314. The van der Waals surface area contributed by atoms with Crippen LogP contribution in [0.25, 0.3) is 10.8 Å². The molecule has 6 nitrogen and oxygen atoms in total. The number of benzene rings is 2. The smallest absolute Gasteiger partial charge is 0.326 e. The van der Waals surface area contributed by atoms with Crippen LogP contribution in [0.4, 0.5) is 10.5 Å². The number of aliphatic hydroxyl groups is 1. The van der Waals surface area contributed by atoms with Crippen molar-refractivity contribution in [2.24, 2.45) is 0 Å². The number of aliphatic hydroxyl groups excluding tert-OH is 1. The number of carbonyl (C=O) groups is 2. The van der Waals surface area contributed by atoms with Gasteiger partial charge in [-0.1, -0.05) is 36.4 Å². The molecule has 0 aliphatic heterocycles. The van der Waals surface area contributed by atoms with E-state index in [2.05, 4.69) is 10.6 Å². The lowest BCUT2D eigenvalue weighted by Crippen LogP contribution is -2.43. The molecular formula is C15H16N2O4. The number of carbonyl (C=O) groups excluding carboxylic acids is 1. The Balaban J connectivity index is 2.13. The van der Waals surface area contributed by atoms with Crippen molar-refractivity contribution >= 4 is 28.5 Å². The average molecular weight is 288 g/mol. The molecule has 2 aromatic rings. The van der Waals surface area contributed by atoms with Crippen LogP contribution in [0.2, 0.25) is 0 Å². The quantitative estimate of drug-likeness (QED) is 0.674. The molecule has 21 heavy (non-hydrogen) atoms. The maximum absolute atomic E-state index is 11.9. The minimum Gasteiger partial charge on any atom is -0.480 e. The van der Waals surface area contributed by atoms with Crippen LogP contribution in [0.15, 0.2) is 42.5 Å². The summed E-state index contributed by atoms with van der Waals surface area (Å²) >= 11 is 0. The number of aliphatic carboxylic acids is 1. The molecule has 0 aromatic heterocycles. The molecule has 0 bridgehead atoms. The molecule has 0 heterocycles. The molecule has 2 rings (SSSR count). The molecule has 0 saturated heterocycles. The van der Waals surface area contributed by atoms with Crippen molar-refractivity contribution in [2.45, 2.75) is 12.5 Å². The number of hydrogen-bond acceptors (Lipinski definition) is 3. The zero-order valence-corrected chi connectivity index (χ0v) is 11.2. The standard InChI is InChI=1S/C15H16N2O4/c18-9-8-13(14(19)20)17-15(21)16-12-7-3-5-10-4-1-2-6-11(10)12/h1-7,13,18H,8-9H2,(H,19,20)(H2,16,17,21)/t13-/m1/s1. The predicted molar refractivity (Wildman–Crippen MR) is 79.2 cm³/mol. The molecular weight excluding hydrogens is 272 g/mol. The lowest BCUT2D eigenvalue weighted by Gasteiger charge is -2.15. The van der Waals surface area contributed by atoms with Gasteiger partial charge in [0.05, 0.1) is 5.69 Å². The number of carboxylic acids is 1. The van der Waals surface area contributed by atoms with E-state index in [1.165, 1.54) is 0 Å². The molecule has 0 unspecified atom stereocenters. The molecule has 0 spiro atoms. The Kier molecular flexibility index (Phi) is 4.73.